The molecule has 8 nitrogen and oxygen atoms in total. The number of hydrogen-bond donors (Lipinski definition) is 3. The van der Waals surface area contributed by atoms with Crippen molar-refractivity contribution in [1.82, 2.24) is 15.5 Å². The normalized spacial score (nSPS) is 12.9. The first-order valence-corrected chi connectivity index (χ1v) is 15.3. The molecule has 2 rings (SSSR count). The van der Waals surface area contributed by atoms with Gasteiger partial charge in [-0.25, -0.2) is 4.79 Å². The van der Waals surface area contributed by atoms with Crippen LogP contribution in [-0.2, 0) is 20.7 Å². The van der Waals surface area contributed by atoms with Crippen LogP contribution in [0.4, 0.5) is 4.79 Å². The van der Waals surface area contributed by atoms with E-state index >= 15 is 0 Å². The van der Waals surface area contributed by atoms with Gasteiger partial charge in [0, 0.05) is 19.0 Å². The maximum absolute atomic E-state index is 14.5. The van der Waals surface area contributed by atoms with Crippen molar-refractivity contribution >= 4 is 17.9 Å². The number of phenols is 1. The summed E-state index contributed by atoms with van der Waals surface area (Å²) >= 11 is 0. The second kappa shape index (κ2) is 16.8. The lowest BCUT2D eigenvalue weighted by atomic mass is 9.98. The Hall–Kier alpha value is -3.55. The lowest BCUT2D eigenvalue weighted by Crippen LogP contribution is -2.54. The van der Waals surface area contributed by atoms with Crippen molar-refractivity contribution in [3.8, 4) is 5.75 Å². The monoisotopic (exact) mass is 581 g/mol. The van der Waals surface area contributed by atoms with Gasteiger partial charge in [-0.1, -0.05) is 75.4 Å². The zero-order chi connectivity index (χ0) is 31.3. The number of aryl methyl sites for hydroxylation is 1. The molecule has 0 aromatic heterocycles. The van der Waals surface area contributed by atoms with E-state index in [2.05, 4.69) is 17.6 Å². The number of aromatic hydroxyl groups is 1. The summed E-state index contributed by atoms with van der Waals surface area (Å²) in [5.41, 5.74) is 1.33. The van der Waals surface area contributed by atoms with Gasteiger partial charge in [-0.3, -0.25) is 9.59 Å². The molecule has 0 spiro atoms. The number of hydrogen-bond acceptors (Lipinski definition) is 5. The second-order valence-corrected chi connectivity index (χ2v) is 12.3. The van der Waals surface area contributed by atoms with E-state index in [1.807, 2.05) is 44.2 Å². The molecule has 0 aliphatic heterocycles. The van der Waals surface area contributed by atoms with Gasteiger partial charge in [0.25, 0.3) is 0 Å². The molecule has 0 aliphatic carbocycles. The molecule has 2 atom stereocenters. The van der Waals surface area contributed by atoms with Crippen LogP contribution in [0.1, 0.15) is 103 Å². The molecule has 42 heavy (non-hydrogen) atoms. The zero-order valence-electron chi connectivity index (χ0n) is 26.5. The fourth-order valence-corrected chi connectivity index (χ4v) is 4.81. The van der Waals surface area contributed by atoms with E-state index in [9.17, 15) is 19.5 Å². The number of unbranched alkanes of at least 4 members (excludes halogenated alkanes) is 5. The molecule has 2 aromatic rings. The third-order valence-corrected chi connectivity index (χ3v) is 6.83. The van der Waals surface area contributed by atoms with Gasteiger partial charge in [0.15, 0.2) is 0 Å². The minimum Gasteiger partial charge on any atom is -0.508 e. The van der Waals surface area contributed by atoms with E-state index in [4.69, 9.17) is 4.74 Å². The summed E-state index contributed by atoms with van der Waals surface area (Å²) in [5, 5.41) is 16.0. The Morgan fingerprint density at radius 1 is 0.929 bits per heavy atom. The van der Waals surface area contributed by atoms with Gasteiger partial charge in [0.2, 0.25) is 11.8 Å². The van der Waals surface area contributed by atoms with E-state index in [1.165, 1.54) is 0 Å². The Morgan fingerprint density at radius 2 is 1.57 bits per heavy atom. The van der Waals surface area contributed by atoms with Crippen LogP contribution in [0.3, 0.4) is 0 Å². The fraction of sp³-hybridized carbons (Fsp3) is 0.559. The minimum atomic E-state index is -0.963. The van der Waals surface area contributed by atoms with Gasteiger partial charge < -0.3 is 25.4 Å². The topological polar surface area (TPSA) is 108 Å². The molecule has 0 aliphatic rings. The van der Waals surface area contributed by atoms with Gasteiger partial charge in [-0.2, -0.15) is 0 Å². The molecule has 0 fully saturated rings. The highest BCUT2D eigenvalue weighted by molar-refractivity contribution is 5.92. The third-order valence-electron chi connectivity index (χ3n) is 6.83. The first-order chi connectivity index (χ1) is 19.8. The maximum atomic E-state index is 14.5. The standard InChI is InChI=1S/C34H51N3O5/c1-8-9-10-11-12-16-21-37(30(31(39)35-24(2)3)27-19-20-29(38)25(4)22-27)32(40)28(23-26-17-14-13-15-18-26)36-33(41)42-34(5,6)7/h13-15,17-20,22,24,28,30,38H,8-12,16,21,23H2,1-7H3,(H,35,39)(H,36,41). The van der Waals surface area contributed by atoms with Crippen LogP contribution in [0, 0.1) is 6.92 Å². The van der Waals surface area contributed by atoms with E-state index < -0.39 is 23.8 Å². The highest BCUT2D eigenvalue weighted by atomic mass is 16.6. The Bertz CT molecular complexity index is 1140. The molecule has 3 amide bonds. The molecule has 0 saturated carbocycles. The molecular weight excluding hydrogens is 530 g/mol. The number of benzene rings is 2. The summed E-state index contributed by atoms with van der Waals surface area (Å²) in [5.74, 6) is -0.567. The number of nitrogens with zero attached hydrogens (tertiary/aromatic N) is 1. The Labute approximate surface area is 252 Å². The Kier molecular flexibility index (Phi) is 13.8. The predicted octanol–water partition coefficient (Wildman–Crippen LogP) is 6.59. The molecule has 0 saturated heterocycles. The SMILES string of the molecule is CCCCCCCCN(C(=O)C(Cc1ccccc1)NC(=O)OC(C)(C)C)C(C(=O)NC(C)C)c1ccc(O)c(C)c1. The predicted molar refractivity (Wildman–Crippen MR) is 167 cm³/mol. The maximum Gasteiger partial charge on any atom is 0.408 e. The van der Waals surface area contributed by atoms with Crippen LogP contribution in [-0.4, -0.2) is 52.1 Å². The minimum absolute atomic E-state index is 0.115. The van der Waals surface area contributed by atoms with Gasteiger partial charge in [0.1, 0.15) is 23.4 Å². The number of nitrogens with one attached hydrogen (secondary N) is 2. The lowest BCUT2D eigenvalue weighted by Gasteiger charge is -2.35. The molecule has 2 aromatic carbocycles. The molecule has 0 bridgehead atoms. The molecule has 8 heteroatoms. The van der Waals surface area contributed by atoms with Crippen LogP contribution >= 0.6 is 0 Å². The number of phenolic OH excluding ortho intramolecular Hbond substituents is 1. The highest BCUT2D eigenvalue weighted by Crippen LogP contribution is 2.28. The van der Waals surface area contributed by atoms with Gasteiger partial charge in [-0.05, 0) is 76.8 Å². The van der Waals surface area contributed by atoms with Crippen LogP contribution in [0.25, 0.3) is 0 Å². The first kappa shape index (κ1) is 34.7. The van der Waals surface area contributed by atoms with Crippen molar-refractivity contribution < 1.29 is 24.2 Å². The number of carbonyl (C=O) groups is 3. The summed E-state index contributed by atoms with van der Waals surface area (Å²) < 4.78 is 5.52. The van der Waals surface area contributed by atoms with E-state index in [1.54, 1.807) is 50.8 Å². The summed E-state index contributed by atoms with van der Waals surface area (Å²) in [6.07, 6.45) is 5.63. The van der Waals surface area contributed by atoms with Gasteiger partial charge in [-0.15, -0.1) is 0 Å². The Morgan fingerprint density at radius 3 is 2.17 bits per heavy atom. The summed E-state index contributed by atoms with van der Waals surface area (Å²) in [6, 6.07) is 12.4. The van der Waals surface area contributed by atoms with Crippen molar-refractivity contribution in [2.24, 2.45) is 0 Å². The van der Waals surface area contributed by atoms with Crippen molar-refractivity contribution in [3.05, 3.63) is 65.2 Å². The number of rotatable bonds is 15. The molecule has 2 unspecified atom stereocenters. The van der Waals surface area contributed by atoms with Crippen LogP contribution in [0.5, 0.6) is 5.75 Å². The second-order valence-electron chi connectivity index (χ2n) is 12.3. The number of alkyl carbamates (subject to hydrolysis) is 1. The smallest absolute Gasteiger partial charge is 0.408 e. The van der Waals surface area contributed by atoms with Crippen molar-refractivity contribution in [2.75, 3.05) is 6.54 Å². The van der Waals surface area contributed by atoms with Crippen molar-refractivity contribution in [2.45, 2.75) is 117 Å². The Balaban J connectivity index is 2.54. The van der Waals surface area contributed by atoms with E-state index in [0.29, 0.717) is 24.1 Å². The zero-order valence-corrected chi connectivity index (χ0v) is 26.5. The van der Waals surface area contributed by atoms with Crippen molar-refractivity contribution in [1.29, 1.82) is 0 Å². The molecule has 232 valence electrons. The molecule has 0 radical (unpaired) electrons. The van der Waals surface area contributed by atoms with Crippen LogP contribution in [0.15, 0.2) is 48.5 Å². The summed E-state index contributed by atoms with van der Waals surface area (Å²) in [6.45, 7) is 13.3. The quantitative estimate of drug-likeness (QED) is 0.206. The van der Waals surface area contributed by atoms with E-state index in [-0.39, 0.29) is 30.0 Å². The number of amides is 3. The fourth-order valence-electron chi connectivity index (χ4n) is 4.81. The highest BCUT2D eigenvalue weighted by Gasteiger charge is 2.36. The van der Waals surface area contributed by atoms with E-state index in [0.717, 1.165) is 37.7 Å². The molecule has 0 heterocycles. The van der Waals surface area contributed by atoms with Gasteiger partial charge >= 0.3 is 6.09 Å². The van der Waals surface area contributed by atoms with Crippen molar-refractivity contribution in [3.63, 3.8) is 0 Å². The molecule has 3 N–H and O–H groups in total. The third kappa shape index (κ3) is 11.7. The largest absolute Gasteiger partial charge is 0.508 e. The average molecular weight is 582 g/mol. The van der Waals surface area contributed by atoms with Gasteiger partial charge in [0.05, 0.1) is 0 Å². The first-order valence-electron chi connectivity index (χ1n) is 15.3. The summed E-state index contributed by atoms with van der Waals surface area (Å²) in [4.78, 5) is 42.8. The lowest BCUT2D eigenvalue weighted by molar-refractivity contribution is -0.142. The summed E-state index contributed by atoms with van der Waals surface area (Å²) in [7, 11) is 0. The van der Waals surface area contributed by atoms with Crippen LogP contribution in [0.2, 0.25) is 0 Å². The number of carbonyl (C=O) groups excluding carboxylic acids is 3. The molecular formula is C34H51N3O5. The number of ether oxygens (including phenoxy) is 1. The van der Waals surface area contributed by atoms with Crippen LogP contribution < -0.4 is 10.6 Å². The average Bonchev–Trinajstić information content (AvgIpc) is 2.90.